The van der Waals surface area contributed by atoms with E-state index in [0.717, 1.165) is 0 Å². The Morgan fingerprint density at radius 1 is 1.12 bits per heavy atom. The van der Waals surface area contributed by atoms with Crippen molar-refractivity contribution in [2.45, 2.75) is 0 Å². The number of nitro groups is 1. The summed E-state index contributed by atoms with van der Waals surface area (Å²) in [7, 11) is 0. The van der Waals surface area contributed by atoms with E-state index in [0.29, 0.717) is 11.3 Å². The molecule has 2 aromatic carbocycles. The van der Waals surface area contributed by atoms with Crippen LogP contribution in [0.5, 0.6) is 5.75 Å². The standard InChI is InChI=1S/C16H13N3O4S/c20-14-8-4-12(5-9-14)17-16(24)18-15(21)10-3-11-1-6-13(7-2-11)19(22)23/h1-10,20H,(H2,17,18,21,24)/b10-3+. The fourth-order valence-corrected chi connectivity index (χ4v) is 1.96. The number of non-ortho nitro benzene ring substituents is 1. The van der Waals surface area contributed by atoms with Gasteiger partial charge in [0.15, 0.2) is 5.11 Å². The summed E-state index contributed by atoms with van der Waals surface area (Å²) < 4.78 is 0. The molecule has 8 heteroatoms. The summed E-state index contributed by atoms with van der Waals surface area (Å²) in [5, 5.41) is 25.1. The molecule has 2 aromatic rings. The molecule has 0 radical (unpaired) electrons. The van der Waals surface area contributed by atoms with Crippen molar-refractivity contribution in [1.29, 1.82) is 0 Å². The Hall–Kier alpha value is -3.26. The van der Waals surface area contributed by atoms with Gasteiger partial charge in [-0.3, -0.25) is 20.2 Å². The van der Waals surface area contributed by atoms with Crippen LogP contribution in [0.1, 0.15) is 5.56 Å². The molecule has 0 heterocycles. The van der Waals surface area contributed by atoms with Gasteiger partial charge in [0.05, 0.1) is 4.92 Å². The number of amides is 1. The number of hydrogen-bond donors (Lipinski definition) is 3. The van der Waals surface area contributed by atoms with Gasteiger partial charge in [-0.15, -0.1) is 0 Å². The van der Waals surface area contributed by atoms with Crippen molar-refractivity contribution in [3.8, 4) is 5.75 Å². The van der Waals surface area contributed by atoms with Gasteiger partial charge in [0.2, 0.25) is 5.91 Å². The van der Waals surface area contributed by atoms with Crippen LogP contribution < -0.4 is 10.6 Å². The maximum Gasteiger partial charge on any atom is 0.269 e. The molecule has 0 fully saturated rings. The zero-order chi connectivity index (χ0) is 17.5. The second-order valence-electron chi connectivity index (χ2n) is 4.67. The van der Waals surface area contributed by atoms with Crippen molar-refractivity contribution >= 4 is 40.7 Å². The Morgan fingerprint density at radius 3 is 2.33 bits per heavy atom. The number of nitrogens with one attached hydrogen (secondary N) is 2. The Labute approximate surface area is 142 Å². The summed E-state index contributed by atoms with van der Waals surface area (Å²) in [5.41, 5.74) is 1.25. The highest BCUT2D eigenvalue weighted by atomic mass is 32.1. The topological polar surface area (TPSA) is 104 Å². The molecule has 0 saturated heterocycles. The van der Waals surface area contributed by atoms with Crippen molar-refractivity contribution in [3.05, 3.63) is 70.3 Å². The van der Waals surface area contributed by atoms with Crippen LogP contribution in [-0.2, 0) is 4.79 Å². The minimum Gasteiger partial charge on any atom is -0.508 e. The molecule has 0 spiro atoms. The Kier molecular flexibility index (Phi) is 5.58. The summed E-state index contributed by atoms with van der Waals surface area (Å²) in [6.07, 6.45) is 2.79. The summed E-state index contributed by atoms with van der Waals surface area (Å²) in [6, 6.07) is 12.0. The van der Waals surface area contributed by atoms with Crippen LogP contribution in [0, 0.1) is 10.1 Å². The van der Waals surface area contributed by atoms with E-state index in [2.05, 4.69) is 10.6 Å². The van der Waals surface area contributed by atoms with Gasteiger partial charge in [0.25, 0.3) is 5.69 Å². The molecule has 2 rings (SSSR count). The second-order valence-corrected chi connectivity index (χ2v) is 5.08. The largest absolute Gasteiger partial charge is 0.508 e. The van der Waals surface area contributed by atoms with Crippen LogP contribution in [0.15, 0.2) is 54.6 Å². The third-order valence-electron chi connectivity index (χ3n) is 2.89. The van der Waals surface area contributed by atoms with Crippen molar-refractivity contribution in [2.75, 3.05) is 5.32 Å². The number of nitro benzene ring substituents is 1. The number of hydrogen-bond acceptors (Lipinski definition) is 5. The third-order valence-corrected chi connectivity index (χ3v) is 3.10. The first-order chi connectivity index (χ1) is 11.4. The highest BCUT2D eigenvalue weighted by Gasteiger charge is 2.04. The van der Waals surface area contributed by atoms with Crippen LogP contribution in [0.25, 0.3) is 6.08 Å². The molecule has 3 N–H and O–H groups in total. The zero-order valence-corrected chi connectivity index (χ0v) is 13.1. The molecule has 0 atom stereocenters. The molecule has 0 aliphatic rings. The van der Waals surface area contributed by atoms with E-state index >= 15 is 0 Å². The van der Waals surface area contributed by atoms with E-state index < -0.39 is 10.8 Å². The smallest absolute Gasteiger partial charge is 0.269 e. The third kappa shape index (κ3) is 5.18. The van der Waals surface area contributed by atoms with E-state index in [1.807, 2.05) is 0 Å². The summed E-state index contributed by atoms with van der Waals surface area (Å²) in [5.74, 6) is -0.314. The molecule has 7 nitrogen and oxygen atoms in total. The van der Waals surface area contributed by atoms with E-state index in [4.69, 9.17) is 12.2 Å². The molecule has 0 unspecified atom stereocenters. The number of rotatable bonds is 4. The van der Waals surface area contributed by atoms with Crippen LogP contribution in [0.3, 0.4) is 0 Å². The van der Waals surface area contributed by atoms with E-state index in [1.165, 1.54) is 48.6 Å². The van der Waals surface area contributed by atoms with E-state index in [1.54, 1.807) is 12.1 Å². The first kappa shape index (κ1) is 17.1. The molecule has 0 aromatic heterocycles. The summed E-state index contributed by atoms with van der Waals surface area (Å²) in [6.45, 7) is 0. The molecule has 0 aliphatic heterocycles. The predicted octanol–water partition coefficient (Wildman–Crippen LogP) is 2.83. The van der Waals surface area contributed by atoms with Crippen LogP contribution in [-0.4, -0.2) is 21.0 Å². The first-order valence-corrected chi connectivity index (χ1v) is 7.18. The van der Waals surface area contributed by atoms with Gasteiger partial charge in [0, 0.05) is 23.9 Å². The number of phenolic OH excluding ortho intramolecular Hbond substituents is 1. The van der Waals surface area contributed by atoms with Crippen molar-refractivity contribution in [3.63, 3.8) is 0 Å². The van der Waals surface area contributed by atoms with Crippen molar-refractivity contribution in [1.82, 2.24) is 5.32 Å². The number of benzene rings is 2. The minimum absolute atomic E-state index is 0.0177. The Morgan fingerprint density at radius 2 is 1.75 bits per heavy atom. The fourth-order valence-electron chi connectivity index (χ4n) is 1.74. The average molecular weight is 343 g/mol. The molecular weight excluding hydrogens is 330 g/mol. The fraction of sp³-hybridized carbons (Fsp3) is 0. The number of anilines is 1. The van der Waals surface area contributed by atoms with Gasteiger partial charge in [0.1, 0.15) is 5.75 Å². The SMILES string of the molecule is O=C(/C=C/c1ccc([N+](=O)[O-])cc1)NC(=S)Nc1ccc(O)cc1. The molecule has 0 aliphatic carbocycles. The lowest BCUT2D eigenvalue weighted by molar-refractivity contribution is -0.384. The Bertz CT molecular complexity index is 786. The maximum atomic E-state index is 11.8. The van der Waals surface area contributed by atoms with E-state index in [9.17, 15) is 20.0 Å². The molecule has 0 saturated carbocycles. The average Bonchev–Trinajstić information content (AvgIpc) is 2.55. The highest BCUT2D eigenvalue weighted by molar-refractivity contribution is 7.80. The Balaban J connectivity index is 1.88. The maximum absolute atomic E-state index is 11.8. The quantitative estimate of drug-likeness (QED) is 0.259. The van der Waals surface area contributed by atoms with Gasteiger partial charge in [-0.2, -0.15) is 0 Å². The number of carbonyl (C=O) groups excluding carboxylic acids is 1. The van der Waals surface area contributed by atoms with Gasteiger partial charge in [-0.1, -0.05) is 0 Å². The number of nitrogens with zero attached hydrogens (tertiary/aromatic N) is 1. The minimum atomic E-state index is -0.492. The first-order valence-electron chi connectivity index (χ1n) is 6.77. The monoisotopic (exact) mass is 343 g/mol. The molecule has 1 amide bonds. The summed E-state index contributed by atoms with van der Waals surface area (Å²) in [4.78, 5) is 21.8. The van der Waals surface area contributed by atoms with Gasteiger partial charge >= 0.3 is 0 Å². The van der Waals surface area contributed by atoms with Crippen LogP contribution in [0.4, 0.5) is 11.4 Å². The normalized spacial score (nSPS) is 10.3. The second kappa shape index (κ2) is 7.84. The lowest BCUT2D eigenvalue weighted by Gasteiger charge is -2.07. The van der Waals surface area contributed by atoms with Gasteiger partial charge < -0.3 is 10.4 Å². The van der Waals surface area contributed by atoms with E-state index in [-0.39, 0.29) is 16.5 Å². The number of aromatic hydroxyl groups is 1. The van der Waals surface area contributed by atoms with Gasteiger partial charge in [-0.05, 0) is 60.3 Å². The molecule has 122 valence electrons. The molecular formula is C16H13N3O4S. The number of carbonyl (C=O) groups is 1. The van der Waals surface area contributed by atoms with Crippen LogP contribution >= 0.6 is 12.2 Å². The summed E-state index contributed by atoms with van der Waals surface area (Å²) >= 11 is 5.01. The highest BCUT2D eigenvalue weighted by Crippen LogP contribution is 2.14. The lowest BCUT2D eigenvalue weighted by Crippen LogP contribution is -2.32. The predicted molar refractivity (Wildman–Crippen MR) is 94.6 cm³/mol. The van der Waals surface area contributed by atoms with Crippen LogP contribution in [0.2, 0.25) is 0 Å². The molecule has 24 heavy (non-hydrogen) atoms. The van der Waals surface area contributed by atoms with Crippen molar-refractivity contribution < 1.29 is 14.8 Å². The number of phenols is 1. The molecule has 0 bridgehead atoms. The number of thiocarbonyl (C=S) groups is 1. The zero-order valence-electron chi connectivity index (χ0n) is 12.3. The van der Waals surface area contributed by atoms with Gasteiger partial charge in [-0.25, -0.2) is 0 Å². The van der Waals surface area contributed by atoms with Crippen molar-refractivity contribution in [2.24, 2.45) is 0 Å². The lowest BCUT2D eigenvalue weighted by atomic mass is 10.2.